The van der Waals surface area contributed by atoms with Crippen molar-refractivity contribution in [3.8, 4) is 0 Å². The van der Waals surface area contributed by atoms with E-state index in [9.17, 15) is 13.2 Å². The van der Waals surface area contributed by atoms with E-state index in [1.54, 1.807) is 19.2 Å². The Labute approximate surface area is 118 Å². The van der Waals surface area contributed by atoms with Crippen LogP contribution in [0.15, 0.2) is 29.2 Å². The number of methoxy groups -OCH3 is 2. The van der Waals surface area contributed by atoms with E-state index in [1.165, 1.54) is 19.2 Å². The molecule has 0 amide bonds. The van der Waals surface area contributed by atoms with Crippen molar-refractivity contribution in [2.45, 2.75) is 29.9 Å². The molecular weight excluding hydrogens is 282 g/mol. The normalized spacial score (nSPS) is 22.1. The highest BCUT2D eigenvalue weighted by molar-refractivity contribution is 7.89. The van der Waals surface area contributed by atoms with Gasteiger partial charge in [-0.05, 0) is 25.0 Å². The maximum absolute atomic E-state index is 12.3. The first kappa shape index (κ1) is 15.0. The fourth-order valence-corrected chi connectivity index (χ4v) is 3.57. The fraction of sp³-hybridized carbons (Fsp3) is 0.462. The molecule has 1 aliphatic carbocycles. The molecule has 7 heteroatoms. The van der Waals surface area contributed by atoms with Crippen molar-refractivity contribution in [3.63, 3.8) is 0 Å². The van der Waals surface area contributed by atoms with Crippen molar-refractivity contribution in [1.29, 1.82) is 0 Å². The largest absolute Gasteiger partial charge is 0.465 e. The molecule has 0 aromatic heterocycles. The van der Waals surface area contributed by atoms with E-state index in [2.05, 4.69) is 9.46 Å². The van der Waals surface area contributed by atoms with Crippen LogP contribution >= 0.6 is 0 Å². The molecule has 0 saturated heterocycles. The lowest BCUT2D eigenvalue weighted by Gasteiger charge is -2.34. The summed E-state index contributed by atoms with van der Waals surface area (Å²) in [4.78, 5) is 11.6. The number of nitrogens with one attached hydrogen (secondary N) is 1. The summed E-state index contributed by atoms with van der Waals surface area (Å²) in [6, 6.07) is 5.82. The molecule has 0 aliphatic heterocycles. The van der Waals surface area contributed by atoms with Gasteiger partial charge in [-0.2, -0.15) is 0 Å². The average molecular weight is 299 g/mol. The third-order valence-electron chi connectivity index (χ3n) is 3.33. The predicted octanol–water partition coefficient (Wildman–Crippen LogP) is 0.929. The van der Waals surface area contributed by atoms with Crippen molar-refractivity contribution in [3.05, 3.63) is 29.8 Å². The molecule has 0 unspecified atom stereocenters. The lowest BCUT2D eigenvalue weighted by Crippen LogP contribution is -2.47. The van der Waals surface area contributed by atoms with Gasteiger partial charge in [0, 0.05) is 13.2 Å². The minimum Gasteiger partial charge on any atom is -0.465 e. The third kappa shape index (κ3) is 3.00. The van der Waals surface area contributed by atoms with Gasteiger partial charge in [0.25, 0.3) is 0 Å². The monoisotopic (exact) mass is 299 g/mol. The van der Waals surface area contributed by atoms with Crippen LogP contribution in [-0.4, -0.2) is 40.8 Å². The number of hydrogen-bond acceptors (Lipinski definition) is 5. The Bertz CT molecular complexity index is 593. The molecule has 1 saturated carbocycles. The van der Waals surface area contributed by atoms with Gasteiger partial charge >= 0.3 is 5.97 Å². The molecule has 0 bridgehead atoms. The molecule has 0 radical (unpaired) electrons. The summed E-state index contributed by atoms with van der Waals surface area (Å²) in [5, 5.41) is 0. The van der Waals surface area contributed by atoms with Gasteiger partial charge in [-0.25, -0.2) is 17.9 Å². The zero-order chi connectivity index (χ0) is 14.8. The minimum atomic E-state index is -3.74. The Morgan fingerprint density at radius 2 is 1.90 bits per heavy atom. The Hall–Kier alpha value is -1.44. The van der Waals surface area contributed by atoms with E-state index < -0.39 is 16.0 Å². The highest BCUT2D eigenvalue weighted by atomic mass is 32.2. The zero-order valence-electron chi connectivity index (χ0n) is 11.3. The molecule has 2 rings (SSSR count). The van der Waals surface area contributed by atoms with Crippen molar-refractivity contribution >= 4 is 16.0 Å². The number of esters is 1. The maximum Gasteiger partial charge on any atom is 0.339 e. The summed E-state index contributed by atoms with van der Waals surface area (Å²) >= 11 is 0. The molecule has 20 heavy (non-hydrogen) atoms. The predicted molar refractivity (Wildman–Crippen MR) is 71.9 cm³/mol. The van der Waals surface area contributed by atoms with E-state index in [1.807, 2.05) is 0 Å². The lowest BCUT2D eigenvalue weighted by molar-refractivity contribution is 0.0236. The van der Waals surface area contributed by atoms with Crippen LogP contribution in [0.4, 0.5) is 0 Å². The van der Waals surface area contributed by atoms with E-state index in [0.717, 1.165) is 0 Å². The van der Waals surface area contributed by atoms with Gasteiger partial charge < -0.3 is 9.47 Å². The number of ether oxygens (including phenoxy) is 2. The van der Waals surface area contributed by atoms with Gasteiger partial charge in [0.05, 0.1) is 23.7 Å². The molecular formula is C13H17NO5S. The second-order valence-corrected chi connectivity index (χ2v) is 6.32. The first-order valence-corrected chi connectivity index (χ1v) is 7.68. The standard InChI is InChI=1S/C13H17NO5S/c1-18-10-7-9(8-10)14-20(16,17)12-6-4-3-5-11(12)13(15)19-2/h3-6,9-10,14H,7-8H2,1-2H3. The smallest absolute Gasteiger partial charge is 0.339 e. The van der Waals surface area contributed by atoms with Gasteiger partial charge in [0.15, 0.2) is 0 Å². The minimum absolute atomic E-state index is 0.0325. The van der Waals surface area contributed by atoms with Gasteiger partial charge in [0.2, 0.25) is 10.0 Å². The summed E-state index contributed by atoms with van der Waals surface area (Å²) in [6.45, 7) is 0. The number of sulfonamides is 1. The van der Waals surface area contributed by atoms with Gasteiger partial charge in [-0.1, -0.05) is 12.1 Å². The second kappa shape index (κ2) is 5.90. The third-order valence-corrected chi connectivity index (χ3v) is 4.91. The number of rotatable bonds is 5. The van der Waals surface area contributed by atoms with Crippen molar-refractivity contribution < 1.29 is 22.7 Å². The Morgan fingerprint density at radius 1 is 1.25 bits per heavy atom. The SMILES string of the molecule is COC(=O)c1ccccc1S(=O)(=O)NC1CC(OC)C1. The quantitative estimate of drug-likeness (QED) is 0.818. The van der Waals surface area contributed by atoms with E-state index in [-0.39, 0.29) is 22.6 Å². The molecule has 1 aliphatic rings. The van der Waals surface area contributed by atoms with Crippen molar-refractivity contribution in [2.24, 2.45) is 0 Å². The number of benzene rings is 1. The molecule has 1 fully saturated rings. The lowest BCUT2D eigenvalue weighted by atomic mass is 9.90. The van der Waals surface area contributed by atoms with Crippen LogP contribution in [0.3, 0.4) is 0 Å². The van der Waals surface area contributed by atoms with Gasteiger partial charge in [-0.3, -0.25) is 0 Å². The summed E-state index contributed by atoms with van der Waals surface area (Å²) in [5.74, 6) is -0.672. The van der Waals surface area contributed by atoms with Gasteiger partial charge in [-0.15, -0.1) is 0 Å². The second-order valence-electron chi connectivity index (χ2n) is 4.64. The molecule has 1 aromatic rings. The Morgan fingerprint density at radius 3 is 2.50 bits per heavy atom. The van der Waals surface area contributed by atoms with E-state index in [4.69, 9.17) is 4.74 Å². The van der Waals surface area contributed by atoms with Crippen LogP contribution in [-0.2, 0) is 19.5 Å². The molecule has 1 aromatic carbocycles. The first-order valence-electron chi connectivity index (χ1n) is 6.20. The maximum atomic E-state index is 12.3. The van der Waals surface area contributed by atoms with Crippen LogP contribution in [0.5, 0.6) is 0 Å². The number of hydrogen-bond donors (Lipinski definition) is 1. The van der Waals surface area contributed by atoms with E-state index >= 15 is 0 Å². The van der Waals surface area contributed by atoms with Crippen LogP contribution in [0.25, 0.3) is 0 Å². The molecule has 0 atom stereocenters. The van der Waals surface area contributed by atoms with Crippen LogP contribution in [0.1, 0.15) is 23.2 Å². The highest BCUT2D eigenvalue weighted by Gasteiger charge is 2.34. The molecule has 6 nitrogen and oxygen atoms in total. The van der Waals surface area contributed by atoms with Crippen LogP contribution < -0.4 is 4.72 Å². The van der Waals surface area contributed by atoms with Crippen molar-refractivity contribution in [2.75, 3.05) is 14.2 Å². The number of carbonyl (C=O) groups excluding carboxylic acids is 1. The summed E-state index contributed by atoms with van der Waals surface area (Å²) in [7, 11) is -0.928. The summed E-state index contributed by atoms with van der Waals surface area (Å²) in [6.07, 6.45) is 1.37. The highest BCUT2D eigenvalue weighted by Crippen LogP contribution is 2.25. The molecule has 110 valence electrons. The zero-order valence-corrected chi connectivity index (χ0v) is 12.1. The van der Waals surface area contributed by atoms with Crippen LogP contribution in [0.2, 0.25) is 0 Å². The summed E-state index contributed by atoms with van der Waals surface area (Å²) < 4.78 is 36.9. The average Bonchev–Trinajstić information content (AvgIpc) is 2.41. The molecule has 0 spiro atoms. The molecule has 0 heterocycles. The summed E-state index contributed by atoms with van der Waals surface area (Å²) in [5.41, 5.74) is 0.0325. The van der Waals surface area contributed by atoms with Gasteiger partial charge in [0.1, 0.15) is 0 Å². The fourth-order valence-electron chi connectivity index (χ4n) is 2.12. The number of carbonyl (C=O) groups is 1. The molecule has 1 N–H and O–H groups in total. The topological polar surface area (TPSA) is 81.7 Å². The van der Waals surface area contributed by atoms with Crippen LogP contribution in [0, 0.1) is 0 Å². The first-order chi connectivity index (χ1) is 9.47. The Kier molecular flexibility index (Phi) is 4.42. The van der Waals surface area contributed by atoms with Crippen molar-refractivity contribution in [1.82, 2.24) is 4.72 Å². The Balaban J connectivity index is 2.20. The van der Waals surface area contributed by atoms with E-state index in [0.29, 0.717) is 12.8 Å².